The fourth-order valence-electron chi connectivity index (χ4n) is 5.93. The topological polar surface area (TPSA) is 97.1 Å². The van der Waals surface area contributed by atoms with Gasteiger partial charge in [0.25, 0.3) is 0 Å². The van der Waals surface area contributed by atoms with E-state index in [0.717, 1.165) is 17.8 Å². The quantitative estimate of drug-likeness (QED) is 0.811. The molecule has 0 aliphatic heterocycles. The van der Waals surface area contributed by atoms with Crippen LogP contribution in [0.3, 0.4) is 0 Å². The predicted octanol–water partition coefficient (Wildman–Crippen LogP) is 2.28. The maximum atomic E-state index is 12.5. The van der Waals surface area contributed by atoms with E-state index in [4.69, 9.17) is 4.52 Å². The first-order valence-corrected chi connectivity index (χ1v) is 9.77. The Balaban J connectivity index is 1.24. The zero-order valence-corrected chi connectivity index (χ0v) is 15.6. The summed E-state index contributed by atoms with van der Waals surface area (Å²) in [6.07, 6.45) is 8.29. The summed E-state index contributed by atoms with van der Waals surface area (Å²) in [6, 6.07) is -0.372. The molecule has 4 aliphatic rings. The van der Waals surface area contributed by atoms with Crippen molar-refractivity contribution in [3.63, 3.8) is 0 Å². The summed E-state index contributed by atoms with van der Waals surface area (Å²) in [5.41, 5.74) is 0.198. The summed E-state index contributed by atoms with van der Waals surface area (Å²) in [7, 11) is 0. The molecule has 4 fully saturated rings. The van der Waals surface area contributed by atoms with Gasteiger partial charge in [0.1, 0.15) is 6.04 Å². The van der Waals surface area contributed by atoms with Crippen LogP contribution in [0.25, 0.3) is 0 Å². The molecule has 1 aromatic rings. The van der Waals surface area contributed by atoms with E-state index in [1.54, 1.807) is 13.8 Å². The normalized spacial score (nSPS) is 33.1. The second-order valence-electron chi connectivity index (χ2n) is 8.84. The van der Waals surface area contributed by atoms with E-state index in [-0.39, 0.29) is 29.8 Å². The van der Waals surface area contributed by atoms with Gasteiger partial charge < -0.3 is 15.2 Å². The highest BCUT2D eigenvalue weighted by Gasteiger charge is 2.51. The molecule has 1 aromatic heterocycles. The Kier molecular flexibility index (Phi) is 4.49. The SMILES string of the molecule is Cc1noc([C@H](C)NC(=O)CNC(=O)CC23CC4CC(CC(C4)C2)C3)n1. The lowest BCUT2D eigenvalue weighted by Gasteiger charge is -2.56. The number of amides is 2. The van der Waals surface area contributed by atoms with Crippen molar-refractivity contribution in [2.24, 2.45) is 23.2 Å². The minimum atomic E-state index is -0.372. The largest absolute Gasteiger partial charge is 0.347 e. The molecular formula is C19H28N4O3. The Bertz CT molecular complexity index is 663. The molecule has 7 nitrogen and oxygen atoms in total. The Morgan fingerprint density at radius 3 is 2.31 bits per heavy atom. The van der Waals surface area contributed by atoms with E-state index in [9.17, 15) is 9.59 Å². The second kappa shape index (κ2) is 6.67. The van der Waals surface area contributed by atoms with E-state index in [0.29, 0.717) is 18.1 Å². The molecule has 2 N–H and O–H groups in total. The lowest BCUT2D eigenvalue weighted by molar-refractivity contribution is -0.132. The van der Waals surface area contributed by atoms with E-state index < -0.39 is 0 Å². The third-order valence-electron chi connectivity index (χ3n) is 6.44. The molecule has 0 radical (unpaired) electrons. The Labute approximate surface area is 153 Å². The Hall–Kier alpha value is -1.92. The van der Waals surface area contributed by atoms with Crippen molar-refractivity contribution in [3.05, 3.63) is 11.7 Å². The third kappa shape index (κ3) is 3.62. The minimum Gasteiger partial charge on any atom is -0.347 e. The average Bonchev–Trinajstić information content (AvgIpc) is 2.98. The first-order chi connectivity index (χ1) is 12.4. The van der Waals surface area contributed by atoms with Crippen LogP contribution in [0.4, 0.5) is 0 Å². The number of carbonyl (C=O) groups is 2. The van der Waals surface area contributed by atoms with Gasteiger partial charge in [-0.1, -0.05) is 5.16 Å². The van der Waals surface area contributed by atoms with E-state index in [1.165, 1.54) is 38.5 Å². The van der Waals surface area contributed by atoms with Crippen molar-refractivity contribution in [3.8, 4) is 0 Å². The summed E-state index contributed by atoms with van der Waals surface area (Å²) in [4.78, 5) is 28.6. The highest BCUT2D eigenvalue weighted by molar-refractivity contribution is 5.85. The van der Waals surface area contributed by atoms with Gasteiger partial charge in [0.2, 0.25) is 17.7 Å². The number of carbonyl (C=O) groups excluding carboxylic acids is 2. The van der Waals surface area contributed by atoms with Crippen molar-refractivity contribution in [1.82, 2.24) is 20.8 Å². The summed E-state index contributed by atoms with van der Waals surface area (Å²) in [5, 5.41) is 9.29. The van der Waals surface area contributed by atoms with Crippen LogP contribution in [-0.2, 0) is 9.59 Å². The number of hydrogen-bond acceptors (Lipinski definition) is 5. The standard InChI is InChI=1S/C19H28N4O3/c1-11(18-22-12(2)23-26-18)21-17(25)10-20-16(24)9-19-6-13-3-14(7-19)5-15(4-13)8-19/h11,13-15H,3-10H2,1-2H3,(H,20,24)(H,21,25)/t11-,13?,14?,15?,19?/m0/s1. The van der Waals surface area contributed by atoms with Gasteiger partial charge in [-0.3, -0.25) is 9.59 Å². The lowest BCUT2D eigenvalue weighted by Crippen LogP contribution is -2.48. The van der Waals surface area contributed by atoms with E-state index in [2.05, 4.69) is 20.8 Å². The molecule has 26 heavy (non-hydrogen) atoms. The molecule has 4 saturated carbocycles. The number of nitrogens with zero attached hydrogens (tertiary/aromatic N) is 2. The molecule has 142 valence electrons. The van der Waals surface area contributed by atoms with Gasteiger partial charge in [-0.05, 0) is 75.5 Å². The van der Waals surface area contributed by atoms with Gasteiger partial charge in [-0.25, -0.2) is 0 Å². The molecular weight excluding hydrogens is 332 g/mol. The predicted molar refractivity (Wildman–Crippen MR) is 93.8 cm³/mol. The van der Waals surface area contributed by atoms with E-state index in [1.807, 2.05) is 0 Å². The highest BCUT2D eigenvalue weighted by atomic mass is 16.5. The van der Waals surface area contributed by atoms with Gasteiger partial charge in [0.05, 0.1) is 6.54 Å². The maximum absolute atomic E-state index is 12.5. The van der Waals surface area contributed by atoms with Crippen molar-refractivity contribution in [2.45, 2.75) is 64.8 Å². The Morgan fingerprint density at radius 1 is 1.15 bits per heavy atom. The molecule has 5 rings (SSSR count). The molecule has 0 unspecified atom stereocenters. The fraction of sp³-hybridized carbons (Fsp3) is 0.789. The second-order valence-corrected chi connectivity index (χ2v) is 8.84. The molecule has 0 aromatic carbocycles. The zero-order valence-electron chi connectivity index (χ0n) is 15.6. The van der Waals surface area contributed by atoms with Gasteiger partial charge in [0.15, 0.2) is 5.82 Å². The minimum absolute atomic E-state index is 0.00314. The van der Waals surface area contributed by atoms with E-state index >= 15 is 0 Å². The van der Waals surface area contributed by atoms with Crippen LogP contribution < -0.4 is 10.6 Å². The number of aromatic nitrogens is 2. The molecule has 4 aliphatic carbocycles. The Morgan fingerprint density at radius 2 is 1.77 bits per heavy atom. The van der Waals surface area contributed by atoms with Gasteiger partial charge in [-0.15, -0.1) is 0 Å². The summed E-state index contributed by atoms with van der Waals surface area (Å²) in [5.74, 6) is 3.15. The van der Waals surface area contributed by atoms with Crippen LogP contribution in [-0.4, -0.2) is 28.5 Å². The molecule has 1 heterocycles. The van der Waals surface area contributed by atoms with Crippen molar-refractivity contribution >= 4 is 11.8 Å². The zero-order chi connectivity index (χ0) is 18.3. The van der Waals surface area contributed by atoms with Gasteiger partial charge in [0, 0.05) is 6.42 Å². The summed E-state index contributed by atoms with van der Waals surface area (Å²) >= 11 is 0. The summed E-state index contributed by atoms with van der Waals surface area (Å²) < 4.78 is 5.05. The number of nitrogens with one attached hydrogen (secondary N) is 2. The smallest absolute Gasteiger partial charge is 0.248 e. The molecule has 0 saturated heterocycles. The van der Waals surface area contributed by atoms with Gasteiger partial charge >= 0.3 is 0 Å². The van der Waals surface area contributed by atoms with Crippen LogP contribution in [0.2, 0.25) is 0 Å². The molecule has 0 spiro atoms. The number of rotatable bonds is 6. The molecule has 7 heteroatoms. The number of hydrogen-bond donors (Lipinski definition) is 2. The van der Waals surface area contributed by atoms with Crippen LogP contribution >= 0.6 is 0 Å². The fourth-order valence-corrected chi connectivity index (χ4v) is 5.93. The number of aryl methyl sites for hydroxylation is 1. The van der Waals surface area contributed by atoms with Crippen molar-refractivity contribution in [2.75, 3.05) is 6.54 Å². The van der Waals surface area contributed by atoms with Crippen LogP contribution in [0.15, 0.2) is 4.52 Å². The average molecular weight is 360 g/mol. The monoisotopic (exact) mass is 360 g/mol. The maximum Gasteiger partial charge on any atom is 0.248 e. The van der Waals surface area contributed by atoms with Crippen molar-refractivity contribution in [1.29, 1.82) is 0 Å². The van der Waals surface area contributed by atoms with Crippen LogP contribution in [0, 0.1) is 30.1 Å². The summed E-state index contributed by atoms with van der Waals surface area (Å²) in [6.45, 7) is 3.50. The molecule has 1 atom stereocenters. The third-order valence-corrected chi connectivity index (χ3v) is 6.44. The van der Waals surface area contributed by atoms with Gasteiger partial charge in [-0.2, -0.15) is 4.98 Å². The lowest BCUT2D eigenvalue weighted by atomic mass is 9.49. The van der Waals surface area contributed by atoms with Crippen LogP contribution in [0.5, 0.6) is 0 Å². The molecule has 2 amide bonds. The highest BCUT2D eigenvalue weighted by Crippen LogP contribution is 2.61. The molecule has 4 bridgehead atoms. The van der Waals surface area contributed by atoms with Crippen LogP contribution in [0.1, 0.15) is 69.6 Å². The first-order valence-electron chi connectivity index (χ1n) is 9.77. The first kappa shape index (κ1) is 17.5. The van der Waals surface area contributed by atoms with Crippen molar-refractivity contribution < 1.29 is 14.1 Å².